The zero-order valence-electron chi connectivity index (χ0n) is 24.4. The minimum atomic E-state index is -4.02. The Labute approximate surface area is 257 Å². The van der Waals surface area contributed by atoms with Crippen molar-refractivity contribution in [3.8, 4) is 0 Å². The number of benzene rings is 4. The SMILES string of the molecule is C=CCC(CO)(c1cn(S(=O)(=O)c2ccc(C)cc2)c2ccccc12)c1cn(S(=O)(=O)c2ccc(C)cc2)c2ccccc12. The highest BCUT2D eigenvalue weighted by molar-refractivity contribution is 7.90. The molecular formula is C35H32N2O5S2. The molecular weight excluding hydrogens is 593 g/mol. The van der Waals surface area contributed by atoms with Gasteiger partial charge in [-0.3, -0.25) is 0 Å². The maximum atomic E-state index is 14.0. The van der Waals surface area contributed by atoms with Gasteiger partial charge in [0.2, 0.25) is 0 Å². The van der Waals surface area contributed by atoms with Crippen LogP contribution in [-0.2, 0) is 25.5 Å². The second-order valence-corrected chi connectivity index (χ2v) is 14.7. The maximum absolute atomic E-state index is 14.0. The summed E-state index contributed by atoms with van der Waals surface area (Å²) in [6.45, 7) is 7.31. The summed E-state index contributed by atoms with van der Waals surface area (Å²) in [6, 6.07) is 27.6. The quantitative estimate of drug-likeness (QED) is 0.184. The molecule has 0 aliphatic heterocycles. The highest BCUT2D eigenvalue weighted by Crippen LogP contribution is 2.45. The molecule has 0 aliphatic rings. The molecule has 0 unspecified atom stereocenters. The number of para-hydroxylation sites is 2. The van der Waals surface area contributed by atoms with Gasteiger partial charge >= 0.3 is 0 Å². The van der Waals surface area contributed by atoms with Crippen LogP contribution in [-0.4, -0.2) is 36.5 Å². The number of hydrogen-bond donors (Lipinski definition) is 1. The lowest BCUT2D eigenvalue weighted by molar-refractivity contribution is 0.222. The molecule has 4 aromatic carbocycles. The second kappa shape index (κ2) is 10.9. The third kappa shape index (κ3) is 4.59. The normalized spacial score (nSPS) is 12.6. The average Bonchev–Trinajstić information content (AvgIpc) is 3.62. The van der Waals surface area contributed by atoms with Crippen LogP contribution in [0.4, 0.5) is 0 Å². The first-order valence-electron chi connectivity index (χ1n) is 14.1. The summed E-state index contributed by atoms with van der Waals surface area (Å²) in [5, 5.41) is 12.5. The van der Waals surface area contributed by atoms with Gasteiger partial charge in [0.05, 0.1) is 32.8 Å². The Morgan fingerprint density at radius 1 is 0.659 bits per heavy atom. The predicted molar refractivity (Wildman–Crippen MR) is 174 cm³/mol. The summed E-state index contributed by atoms with van der Waals surface area (Å²) in [5.74, 6) is 0. The number of aromatic nitrogens is 2. The molecule has 224 valence electrons. The van der Waals surface area contributed by atoms with Gasteiger partial charge < -0.3 is 5.11 Å². The fourth-order valence-electron chi connectivity index (χ4n) is 5.95. The van der Waals surface area contributed by atoms with Crippen LogP contribution in [0.5, 0.6) is 0 Å². The molecule has 0 aliphatic carbocycles. The monoisotopic (exact) mass is 624 g/mol. The van der Waals surface area contributed by atoms with Crippen molar-refractivity contribution in [3.05, 3.63) is 144 Å². The Hall–Kier alpha value is -4.44. The van der Waals surface area contributed by atoms with E-state index in [4.69, 9.17) is 0 Å². The van der Waals surface area contributed by atoms with E-state index in [-0.39, 0.29) is 16.2 Å². The lowest BCUT2D eigenvalue weighted by Crippen LogP contribution is -2.31. The van der Waals surface area contributed by atoms with Gasteiger partial charge in [0.1, 0.15) is 0 Å². The van der Waals surface area contributed by atoms with Gasteiger partial charge in [0.25, 0.3) is 20.0 Å². The molecule has 0 atom stereocenters. The standard InChI is InChI=1S/C35H32N2O5S2/c1-4-21-35(24-38,31-22-36(33-11-7-5-9-29(31)33)43(39,40)27-17-13-25(2)14-18-27)32-23-37(34-12-8-6-10-30(32)34)44(41,42)28-19-15-26(3)16-20-28/h4-20,22-23,38H,1,21,24H2,2-3H3. The highest BCUT2D eigenvalue weighted by Gasteiger charge is 2.40. The van der Waals surface area contributed by atoms with E-state index in [1.807, 2.05) is 38.1 Å². The van der Waals surface area contributed by atoms with Crippen molar-refractivity contribution in [1.82, 2.24) is 7.94 Å². The Morgan fingerprint density at radius 3 is 1.41 bits per heavy atom. The molecule has 0 saturated heterocycles. The van der Waals surface area contributed by atoms with Crippen LogP contribution in [0.15, 0.2) is 132 Å². The Kier molecular flexibility index (Phi) is 7.36. The molecule has 0 radical (unpaired) electrons. The number of nitrogens with zero attached hydrogens (tertiary/aromatic N) is 2. The van der Waals surface area contributed by atoms with Crippen molar-refractivity contribution in [2.75, 3.05) is 6.61 Å². The summed E-state index contributed by atoms with van der Waals surface area (Å²) >= 11 is 0. The minimum absolute atomic E-state index is 0.134. The van der Waals surface area contributed by atoms with Crippen molar-refractivity contribution in [2.45, 2.75) is 35.5 Å². The third-order valence-electron chi connectivity index (χ3n) is 8.31. The van der Waals surface area contributed by atoms with Crippen molar-refractivity contribution in [3.63, 3.8) is 0 Å². The molecule has 0 amide bonds. The van der Waals surface area contributed by atoms with Crippen LogP contribution in [0.25, 0.3) is 21.8 Å². The van der Waals surface area contributed by atoms with Crippen LogP contribution < -0.4 is 0 Å². The number of fused-ring (bicyclic) bond motifs is 2. The maximum Gasteiger partial charge on any atom is 0.268 e. The number of aliphatic hydroxyl groups is 1. The zero-order chi connectivity index (χ0) is 31.3. The summed E-state index contributed by atoms with van der Waals surface area (Å²) in [7, 11) is -8.04. The first-order chi connectivity index (χ1) is 21.0. The highest BCUT2D eigenvalue weighted by atomic mass is 32.2. The van der Waals surface area contributed by atoms with Crippen molar-refractivity contribution < 1.29 is 21.9 Å². The lowest BCUT2D eigenvalue weighted by atomic mass is 9.72. The third-order valence-corrected chi connectivity index (χ3v) is 11.7. The van der Waals surface area contributed by atoms with E-state index >= 15 is 0 Å². The molecule has 2 aromatic heterocycles. The largest absolute Gasteiger partial charge is 0.395 e. The van der Waals surface area contributed by atoms with Crippen molar-refractivity contribution >= 4 is 41.9 Å². The van der Waals surface area contributed by atoms with Crippen LogP contribution in [0, 0.1) is 13.8 Å². The van der Waals surface area contributed by atoms with E-state index in [0.29, 0.717) is 32.9 Å². The molecule has 6 aromatic rings. The van der Waals surface area contributed by atoms with Gasteiger partial charge in [-0.05, 0) is 67.8 Å². The van der Waals surface area contributed by atoms with Gasteiger partial charge in [-0.25, -0.2) is 24.8 Å². The molecule has 0 saturated carbocycles. The lowest BCUT2D eigenvalue weighted by Gasteiger charge is -2.31. The van der Waals surface area contributed by atoms with Crippen LogP contribution in [0.2, 0.25) is 0 Å². The Bertz CT molecular complexity index is 2090. The van der Waals surface area contributed by atoms with E-state index in [1.165, 1.54) is 7.94 Å². The Balaban J connectivity index is 1.65. The number of rotatable bonds is 9. The van der Waals surface area contributed by atoms with Gasteiger partial charge in [-0.2, -0.15) is 0 Å². The van der Waals surface area contributed by atoms with Crippen LogP contribution in [0.3, 0.4) is 0 Å². The van der Waals surface area contributed by atoms with E-state index in [1.54, 1.807) is 91.3 Å². The molecule has 2 heterocycles. The molecule has 0 spiro atoms. The number of aliphatic hydroxyl groups excluding tert-OH is 1. The van der Waals surface area contributed by atoms with Crippen molar-refractivity contribution in [1.29, 1.82) is 0 Å². The van der Waals surface area contributed by atoms with E-state index in [2.05, 4.69) is 6.58 Å². The van der Waals surface area contributed by atoms with Crippen LogP contribution in [0.1, 0.15) is 28.7 Å². The minimum Gasteiger partial charge on any atom is -0.395 e. The summed E-state index contributed by atoms with van der Waals surface area (Å²) < 4.78 is 58.5. The topological polar surface area (TPSA) is 98.4 Å². The fourth-order valence-corrected chi connectivity index (χ4v) is 8.69. The smallest absolute Gasteiger partial charge is 0.268 e. The van der Waals surface area contributed by atoms with Gasteiger partial charge in [-0.15, -0.1) is 6.58 Å². The summed E-state index contributed by atoms with van der Waals surface area (Å²) in [6.07, 6.45) is 4.98. The number of aryl methyl sites for hydroxylation is 2. The van der Waals surface area contributed by atoms with Gasteiger partial charge in [0.15, 0.2) is 0 Å². The first-order valence-corrected chi connectivity index (χ1v) is 17.0. The molecule has 0 fully saturated rings. The Morgan fingerprint density at radius 2 is 1.05 bits per heavy atom. The van der Waals surface area contributed by atoms with E-state index in [9.17, 15) is 21.9 Å². The van der Waals surface area contributed by atoms with E-state index < -0.39 is 32.1 Å². The average molecular weight is 625 g/mol. The first kappa shape index (κ1) is 29.6. The zero-order valence-corrected chi connectivity index (χ0v) is 26.0. The molecule has 6 rings (SSSR count). The van der Waals surface area contributed by atoms with Gasteiger partial charge in [0, 0.05) is 23.2 Å². The number of hydrogen-bond acceptors (Lipinski definition) is 5. The molecule has 1 N–H and O–H groups in total. The molecule has 7 nitrogen and oxygen atoms in total. The van der Waals surface area contributed by atoms with Crippen molar-refractivity contribution in [2.24, 2.45) is 0 Å². The fraction of sp³-hybridized carbons (Fsp3) is 0.143. The second-order valence-electron chi connectivity index (χ2n) is 11.1. The molecule has 0 bridgehead atoms. The van der Waals surface area contributed by atoms with E-state index in [0.717, 1.165) is 11.1 Å². The molecule has 44 heavy (non-hydrogen) atoms. The molecule has 9 heteroatoms. The summed E-state index contributed by atoms with van der Waals surface area (Å²) in [4.78, 5) is 0.268. The van der Waals surface area contributed by atoms with Crippen LogP contribution >= 0.6 is 0 Å². The predicted octanol–water partition coefficient (Wildman–Crippen LogP) is 6.54. The summed E-state index contributed by atoms with van der Waals surface area (Å²) in [5.41, 5.74) is 2.61. The number of allylic oxidation sites excluding steroid dienone is 1. The van der Waals surface area contributed by atoms with Gasteiger partial charge in [-0.1, -0.05) is 77.9 Å².